The summed E-state index contributed by atoms with van der Waals surface area (Å²) in [5, 5.41) is 18.2. The fourth-order valence-electron chi connectivity index (χ4n) is 3.18. The van der Waals surface area contributed by atoms with Crippen molar-refractivity contribution in [2.24, 2.45) is 0 Å². The molecule has 0 unspecified atom stereocenters. The zero-order valence-electron chi connectivity index (χ0n) is 12.9. The normalized spacial score (nSPS) is 16.9. The Morgan fingerprint density at radius 3 is 2.83 bits per heavy atom. The Morgan fingerprint density at radius 2 is 2.00 bits per heavy atom. The highest BCUT2D eigenvalue weighted by Crippen LogP contribution is 2.33. The molecule has 4 rings (SSSR count). The molecule has 0 saturated carbocycles. The lowest BCUT2D eigenvalue weighted by Gasteiger charge is -2.13. The number of nitrogens with zero attached hydrogens (tertiary/aromatic N) is 4. The van der Waals surface area contributed by atoms with E-state index < -0.39 is 0 Å². The smallest absolute Gasteiger partial charge is 0.218 e. The summed E-state index contributed by atoms with van der Waals surface area (Å²) in [5.74, 6) is 0.604. The standard InChI is InChI=1S/C19H14N4O/c20-11-13-3-1-4-14(9-13)15-6-7-18-16(10-15)22-19(24-18)17-5-2-8-23(17)12-21/h1,3-4,6-7,9-10,17H,2,5,8H2/t17-/m0/s1. The van der Waals surface area contributed by atoms with E-state index in [0.717, 1.165) is 41.6 Å². The van der Waals surface area contributed by atoms with Crippen molar-refractivity contribution in [1.82, 2.24) is 9.88 Å². The van der Waals surface area contributed by atoms with E-state index in [9.17, 15) is 5.26 Å². The van der Waals surface area contributed by atoms with E-state index in [0.29, 0.717) is 11.5 Å². The molecule has 0 N–H and O–H groups in total. The van der Waals surface area contributed by atoms with Crippen LogP contribution in [0.1, 0.15) is 30.3 Å². The molecule has 1 aromatic heterocycles. The molecule has 5 nitrogen and oxygen atoms in total. The fourth-order valence-corrected chi connectivity index (χ4v) is 3.18. The zero-order chi connectivity index (χ0) is 16.5. The lowest BCUT2D eigenvalue weighted by molar-refractivity contribution is 0.314. The third-order valence-corrected chi connectivity index (χ3v) is 4.40. The van der Waals surface area contributed by atoms with Crippen molar-refractivity contribution >= 4 is 11.1 Å². The van der Waals surface area contributed by atoms with Crippen molar-refractivity contribution in [2.45, 2.75) is 18.9 Å². The van der Waals surface area contributed by atoms with Gasteiger partial charge in [-0.1, -0.05) is 18.2 Å². The van der Waals surface area contributed by atoms with E-state index in [1.807, 2.05) is 36.4 Å². The second-order valence-electron chi connectivity index (χ2n) is 5.88. The monoisotopic (exact) mass is 314 g/mol. The van der Waals surface area contributed by atoms with E-state index in [2.05, 4.69) is 17.2 Å². The van der Waals surface area contributed by atoms with Crippen LogP contribution < -0.4 is 0 Å². The van der Waals surface area contributed by atoms with E-state index in [1.54, 1.807) is 11.0 Å². The van der Waals surface area contributed by atoms with Crippen LogP contribution in [-0.2, 0) is 0 Å². The van der Waals surface area contributed by atoms with Gasteiger partial charge in [-0.2, -0.15) is 10.5 Å². The van der Waals surface area contributed by atoms with Crippen molar-refractivity contribution in [1.29, 1.82) is 10.5 Å². The van der Waals surface area contributed by atoms with Crippen molar-refractivity contribution in [3.8, 4) is 23.4 Å². The van der Waals surface area contributed by atoms with Gasteiger partial charge in [-0.05, 0) is 48.2 Å². The lowest BCUT2D eigenvalue weighted by Crippen LogP contribution is -2.17. The average molecular weight is 314 g/mol. The summed E-state index contributed by atoms with van der Waals surface area (Å²) < 4.78 is 5.86. The molecule has 0 radical (unpaired) electrons. The van der Waals surface area contributed by atoms with Crippen molar-refractivity contribution in [3.05, 3.63) is 53.9 Å². The number of oxazole rings is 1. The van der Waals surface area contributed by atoms with Crippen molar-refractivity contribution in [3.63, 3.8) is 0 Å². The highest BCUT2D eigenvalue weighted by molar-refractivity contribution is 5.80. The Bertz CT molecular complexity index is 993. The van der Waals surface area contributed by atoms with Crippen LogP contribution in [0.4, 0.5) is 0 Å². The maximum absolute atomic E-state index is 9.19. The Hall–Kier alpha value is -3.31. The summed E-state index contributed by atoms with van der Waals surface area (Å²) >= 11 is 0. The summed E-state index contributed by atoms with van der Waals surface area (Å²) in [6.45, 7) is 0.756. The molecule has 1 fully saturated rings. The quantitative estimate of drug-likeness (QED) is 0.668. The fraction of sp³-hybridized carbons (Fsp3) is 0.211. The molecular weight excluding hydrogens is 300 g/mol. The number of hydrogen-bond acceptors (Lipinski definition) is 5. The minimum absolute atomic E-state index is 0.0623. The molecule has 24 heavy (non-hydrogen) atoms. The molecule has 0 aliphatic carbocycles. The summed E-state index contributed by atoms with van der Waals surface area (Å²) in [6, 6.07) is 15.4. The molecule has 116 valence electrons. The van der Waals surface area contributed by atoms with Gasteiger partial charge in [-0.3, -0.25) is 4.90 Å². The maximum atomic E-state index is 9.19. The molecule has 0 spiro atoms. The van der Waals surface area contributed by atoms with Crippen molar-refractivity contribution in [2.75, 3.05) is 6.54 Å². The number of nitriles is 2. The molecule has 1 aliphatic heterocycles. The highest BCUT2D eigenvalue weighted by atomic mass is 16.3. The van der Waals surface area contributed by atoms with Gasteiger partial charge in [0.1, 0.15) is 11.6 Å². The summed E-state index contributed by atoms with van der Waals surface area (Å²) in [4.78, 5) is 6.32. The van der Waals surface area contributed by atoms with Gasteiger partial charge < -0.3 is 4.42 Å². The minimum Gasteiger partial charge on any atom is -0.438 e. The Balaban J connectivity index is 1.74. The molecule has 1 saturated heterocycles. The van der Waals surface area contributed by atoms with Crippen LogP contribution in [0, 0.1) is 22.8 Å². The first-order valence-corrected chi connectivity index (χ1v) is 7.86. The average Bonchev–Trinajstić information content (AvgIpc) is 3.26. The molecule has 2 aromatic carbocycles. The first-order chi connectivity index (χ1) is 11.8. The van der Waals surface area contributed by atoms with E-state index in [1.165, 1.54) is 0 Å². The van der Waals surface area contributed by atoms with Gasteiger partial charge in [0, 0.05) is 6.54 Å². The van der Waals surface area contributed by atoms with E-state index in [-0.39, 0.29) is 6.04 Å². The number of hydrogen-bond donors (Lipinski definition) is 0. The van der Waals surface area contributed by atoms with Crippen LogP contribution in [0.5, 0.6) is 0 Å². The zero-order valence-corrected chi connectivity index (χ0v) is 12.9. The van der Waals surface area contributed by atoms with Gasteiger partial charge in [0.05, 0.1) is 11.6 Å². The van der Waals surface area contributed by atoms with Crippen LogP contribution in [0.15, 0.2) is 46.9 Å². The second-order valence-corrected chi connectivity index (χ2v) is 5.88. The second kappa shape index (κ2) is 5.72. The Kier molecular flexibility index (Phi) is 3.40. The summed E-state index contributed by atoms with van der Waals surface area (Å²) in [7, 11) is 0. The number of likely N-dealkylation sites (tertiary alicyclic amines) is 1. The summed E-state index contributed by atoms with van der Waals surface area (Å²) in [6.07, 6.45) is 4.07. The van der Waals surface area contributed by atoms with Crippen LogP contribution in [0.2, 0.25) is 0 Å². The third-order valence-electron chi connectivity index (χ3n) is 4.40. The molecule has 0 bridgehead atoms. The van der Waals surface area contributed by atoms with E-state index >= 15 is 0 Å². The first kappa shape index (κ1) is 14.3. The molecule has 5 heteroatoms. The van der Waals surface area contributed by atoms with Gasteiger partial charge in [-0.15, -0.1) is 0 Å². The molecule has 1 atom stereocenters. The maximum Gasteiger partial charge on any atom is 0.218 e. The molecule has 3 aromatic rings. The van der Waals surface area contributed by atoms with Crippen LogP contribution >= 0.6 is 0 Å². The topological polar surface area (TPSA) is 76.8 Å². The third kappa shape index (κ3) is 2.37. The number of fused-ring (bicyclic) bond motifs is 1. The summed E-state index contributed by atoms with van der Waals surface area (Å²) in [5.41, 5.74) is 4.08. The number of benzene rings is 2. The first-order valence-electron chi connectivity index (χ1n) is 7.86. The van der Waals surface area contributed by atoms with Gasteiger partial charge >= 0.3 is 0 Å². The molecule has 1 aliphatic rings. The van der Waals surface area contributed by atoms with Crippen molar-refractivity contribution < 1.29 is 4.42 Å². The van der Waals surface area contributed by atoms with Gasteiger partial charge in [0.25, 0.3) is 0 Å². The highest BCUT2D eigenvalue weighted by Gasteiger charge is 2.29. The van der Waals surface area contributed by atoms with Gasteiger partial charge in [-0.25, -0.2) is 4.98 Å². The predicted octanol–water partition coefficient (Wildman–Crippen LogP) is 3.98. The number of rotatable bonds is 2. The molecule has 2 heterocycles. The molecule has 0 amide bonds. The van der Waals surface area contributed by atoms with Gasteiger partial charge in [0.15, 0.2) is 11.8 Å². The van der Waals surface area contributed by atoms with E-state index in [4.69, 9.17) is 9.68 Å². The predicted molar refractivity (Wildman–Crippen MR) is 88.5 cm³/mol. The Labute approximate surface area is 139 Å². The number of aromatic nitrogens is 1. The molecular formula is C19H14N4O. The van der Waals surface area contributed by atoms with Crippen LogP contribution in [-0.4, -0.2) is 16.4 Å². The lowest BCUT2D eigenvalue weighted by atomic mass is 10.0. The van der Waals surface area contributed by atoms with Gasteiger partial charge in [0.2, 0.25) is 5.89 Å². The Morgan fingerprint density at radius 1 is 1.12 bits per heavy atom. The van der Waals surface area contributed by atoms with Crippen LogP contribution in [0.3, 0.4) is 0 Å². The largest absolute Gasteiger partial charge is 0.438 e. The SMILES string of the molecule is N#Cc1cccc(-c2ccc3oc([C@@H]4CCCN4C#N)nc3c2)c1. The minimum atomic E-state index is -0.0623. The van der Waals surface area contributed by atoms with Crippen LogP contribution in [0.25, 0.3) is 22.2 Å².